The minimum Gasteiger partial charge on any atom is -0.395 e. The number of pyridine rings is 1. The van der Waals surface area contributed by atoms with E-state index in [1.54, 1.807) is 0 Å². The van der Waals surface area contributed by atoms with Crippen LogP contribution in [0.1, 0.15) is 11.4 Å². The molecule has 0 saturated heterocycles. The van der Waals surface area contributed by atoms with E-state index in [0.717, 1.165) is 31.0 Å². The SMILES string of the molecule is OCC1NCCNCc2cccc(n2)CNC1CO. The van der Waals surface area contributed by atoms with E-state index in [2.05, 4.69) is 20.9 Å². The van der Waals surface area contributed by atoms with Gasteiger partial charge in [-0.1, -0.05) is 6.07 Å². The van der Waals surface area contributed by atoms with Crippen LogP contribution >= 0.6 is 0 Å². The molecule has 0 spiro atoms. The normalized spacial score (nSPS) is 25.4. The van der Waals surface area contributed by atoms with Gasteiger partial charge in [-0.05, 0) is 12.1 Å². The molecule has 0 aromatic carbocycles. The van der Waals surface area contributed by atoms with E-state index in [4.69, 9.17) is 0 Å². The van der Waals surface area contributed by atoms with Crippen molar-refractivity contribution >= 4 is 0 Å². The molecule has 1 aromatic rings. The molecule has 2 heterocycles. The second-order valence-electron chi connectivity index (χ2n) is 4.71. The smallest absolute Gasteiger partial charge is 0.0600 e. The molecule has 2 bridgehead atoms. The summed E-state index contributed by atoms with van der Waals surface area (Å²) in [6, 6.07) is 5.60. The van der Waals surface area contributed by atoms with Gasteiger partial charge in [-0.15, -0.1) is 0 Å². The molecule has 19 heavy (non-hydrogen) atoms. The van der Waals surface area contributed by atoms with Gasteiger partial charge in [0, 0.05) is 38.3 Å². The number of fused-ring (bicyclic) bond motifs is 2. The van der Waals surface area contributed by atoms with Crippen LogP contribution in [0.25, 0.3) is 0 Å². The summed E-state index contributed by atoms with van der Waals surface area (Å²) >= 11 is 0. The third-order valence-electron chi connectivity index (χ3n) is 3.30. The van der Waals surface area contributed by atoms with Gasteiger partial charge in [-0.2, -0.15) is 0 Å². The quantitative estimate of drug-likeness (QED) is 0.452. The molecule has 0 radical (unpaired) electrons. The number of aromatic nitrogens is 1. The molecule has 2 atom stereocenters. The summed E-state index contributed by atoms with van der Waals surface area (Å²) in [5, 5.41) is 28.6. The fourth-order valence-electron chi connectivity index (χ4n) is 2.19. The van der Waals surface area contributed by atoms with E-state index in [1.165, 1.54) is 0 Å². The molecule has 0 amide bonds. The molecule has 2 unspecified atom stereocenters. The number of nitrogens with one attached hydrogen (secondary N) is 3. The van der Waals surface area contributed by atoms with E-state index in [-0.39, 0.29) is 25.3 Å². The minimum absolute atomic E-state index is 0.00824. The van der Waals surface area contributed by atoms with E-state index >= 15 is 0 Å². The third kappa shape index (κ3) is 4.22. The Bertz CT molecular complexity index is 389. The summed E-state index contributed by atoms with van der Waals surface area (Å²) < 4.78 is 0. The standard InChI is InChI=1S/C13H22N4O2/c18-8-12-13(9-19)16-7-11-3-1-2-10(17-11)6-14-4-5-15-12/h1-3,12-16,18-19H,4-9H2. The summed E-state index contributed by atoms with van der Waals surface area (Å²) in [6.45, 7) is 2.82. The minimum atomic E-state index is -0.185. The predicted octanol–water partition coefficient (Wildman–Crippen LogP) is -1.41. The Labute approximate surface area is 113 Å². The van der Waals surface area contributed by atoms with E-state index in [0.29, 0.717) is 6.54 Å². The first kappa shape index (κ1) is 14.4. The maximum absolute atomic E-state index is 9.42. The molecule has 2 rings (SSSR count). The van der Waals surface area contributed by atoms with E-state index in [9.17, 15) is 10.2 Å². The van der Waals surface area contributed by atoms with Crippen LogP contribution in [-0.4, -0.2) is 53.6 Å². The molecular weight excluding hydrogens is 244 g/mol. The van der Waals surface area contributed by atoms with Crippen molar-refractivity contribution in [3.8, 4) is 0 Å². The molecule has 5 N–H and O–H groups in total. The highest BCUT2D eigenvalue weighted by atomic mass is 16.3. The molecule has 6 heteroatoms. The first-order valence-corrected chi connectivity index (χ1v) is 6.67. The number of nitrogens with zero attached hydrogens (tertiary/aromatic N) is 1. The van der Waals surface area contributed by atoms with Crippen LogP contribution in [0.3, 0.4) is 0 Å². The lowest BCUT2D eigenvalue weighted by Crippen LogP contribution is -2.53. The summed E-state index contributed by atoms with van der Waals surface area (Å²) in [4.78, 5) is 4.54. The van der Waals surface area contributed by atoms with Crippen molar-refractivity contribution in [2.45, 2.75) is 25.2 Å². The number of hydrogen-bond donors (Lipinski definition) is 5. The molecule has 1 aliphatic rings. The molecule has 1 aromatic heterocycles. The van der Waals surface area contributed by atoms with Gasteiger partial charge in [0.15, 0.2) is 0 Å². The monoisotopic (exact) mass is 266 g/mol. The fourth-order valence-corrected chi connectivity index (χ4v) is 2.19. The molecule has 0 aliphatic carbocycles. The Balaban J connectivity index is 2.09. The average Bonchev–Trinajstić information content (AvgIpc) is 2.44. The molecule has 6 nitrogen and oxygen atoms in total. The van der Waals surface area contributed by atoms with Crippen LogP contribution < -0.4 is 16.0 Å². The number of hydrogen-bond acceptors (Lipinski definition) is 6. The van der Waals surface area contributed by atoms with Gasteiger partial charge in [0.1, 0.15) is 0 Å². The van der Waals surface area contributed by atoms with Gasteiger partial charge in [-0.25, -0.2) is 0 Å². The van der Waals surface area contributed by atoms with Gasteiger partial charge >= 0.3 is 0 Å². The van der Waals surface area contributed by atoms with Crippen molar-refractivity contribution < 1.29 is 10.2 Å². The highest BCUT2D eigenvalue weighted by molar-refractivity contribution is 5.11. The van der Waals surface area contributed by atoms with Crippen molar-refractivity contribution in [3.05, 3.63) is 29.6 Å². The van der Waals surface area contributed by atoms with Crippen LogP contribution in [0.4, 0.5) is 0 Å². The van der Waals surface area contributed by atoms with E-state index < -0.39 is 0 Å². The summed E-state index contributed by atoms with van der Waals surface area (Å²) in [5.41, 5.74) is 1.95. The Morgan fingerprint density at radius 3 is 2.42 bits per heavy atom. The van der Waals surface area contributed by atoms with Crippen LogP contribution in [-0.2, 0) is 13.1 Å². The van der Waals surface area contributed by atoms with Crippen LogP contribution in [0, 0.1) is 0 Å². The van der Waals surface area contributed by atoms with Crippen LogP contribution in [0.15, 0.2) is 18.2 Å². The molecule has 106 valence electrons. The summed E-state index contributed by atoms with van der Waals surface area (Å²) in [5.74, 6) is 0. The van der Waals surface area contributed by atoms with Gasteiger partial charge in [0.05, 0.1) is 24.6 Å². The zero-order valence-corrected chi connectivity index (χ0v) is 11.0. The lowest BCUT2D eigenvalue weighted by Gasteiger charge is -2.26. The van der Waals surface area contributed by atoms with Gasteiger partial charge in [0.2, 0.25) is 0 Å². The van der Waals surface area contributed by atoms with Crippen molar-refractivity contribution in [3.63, 3.8) is 0 Å². The summed E-state index contributed by atoms with van der Waals surface area (Å²) in [6.07, 6.45) is 0. The average molecular weight is 266 g/mol. The van der Waals surface area contributed by atoms with Crippen molar-refractivity contribution in [2.24, 2.45) is 0 Å². The van der Waals surface area contributed by atoms with Crippen molar-refractivity contribution in [2.75, 3.05) is 26.3 Å². The third-order valence-corrected chi connectivity index (χ3v) is 3.30. The van der Waals surface area contributed by atoms with Crippen LogP contribution in [0.2, 0.25) is 0 Å². The number of rotatable bonds is 2. The maximum atomic E-state index is 9.42. The van der Waals surface area contributed by atoms with Gasteiger partial charge in [0.25, 0.3) is 0 Å². The number of aliphatic hydroxyl groups is 2. The fraction of sp³-hybridized carbons (Fsp3) is 0.615. The van der Waals surface area contributed by atoms with E-state index in [1.807, 2.05) is 18.2 Å². The highest BCUT2D eigenvalue weighted by Crippen LogP contribution is 2.02. The second-order valence-corrected chi connectivity index (χ2v) is 4.71. The molecule has 1 aliphatic heterocycles. The first-order chi connectivity index (χ1) is 9.33. The van der Waals surface area contributed by atoms with Crippen LogP contribution in [0.5, 0.6) is 0 Å². The Hall–Kier alpha value is -1.05. The molecular formula is C13H22N4O2. The topological polar surface area (TPSA) is 89.4 Å². The van der Waals surface area contributed by atoms with Crippen molar-refractivity contribution in [1.82, 2.24) is 20.9 Å². The molecule has 0 saturated carbocycles. The Morgan fingerprint density at radius 1 is 1.00 bits per heavy atom. The highest BCUT2D eigenvalue weighted by Gasteiger charge is 2.19. The first-order valence-electron chi connectivity index (χ1n) is 6.67. The second kappa shape index (κ2) is 7.52. The lowest BCUT2D eigenvalue weighted by atomic mass is 10.1. The van der Waals surface area contributed by atoms with Crippen molar-refractivity contribution in [1.29, 1.82) is 0 Å². The Morgan fingerprint density at radius 2 is 1.68 bits per heavy atom. The lowest BCUT2D eigenvalue weighted by molar-refractivity contribution is 0.159. The zero-order valence-electron chi connectivity index (χ0n) is 11.0. The molecule has 0 fully saturated rings. The number of aliphatic hydroxyl groups excluding tert-OH is 2. The Kier molecular flexibility index (Phi) is 5.68. The predicted molar refractivity (Wildman–Crippen MR) is 72.5 cm³/mol. The zero-order chi connectivity index (χ0) is 13.5. The van der Waals surface area contributed by atoms with Gasteiger partial charge < -0.3 is 26.2 Å². The summed E-state index contributed by atoms with van der Waals surface area (Å²) in [7, 11) is 0. The van der Waals surface area contributed by atoms with Gasteiger partial charge in [-0.3, -0.25) is 4.98 Å². The maximum Gasteiger partial charge on any atom is 0.0600 e. The largest absolute Gasteiger partial charge is 0.395 e.